The molecule has 0 heterocycles. The summed E-state index contributed by atoms with van der Waals surface area (Å²) < 4.78 is 10.5. The minimum Gasteiger partial charge on any atom is -0.491 e. The molecule has 2 heteroatoms. The standard InChI is InChI=1S/C10H14O2/c1-9(11-2)8-12-10-6-4-3-5-7-10/h3-7,9H,8H2,1-2H3. The fourth-order valence-electron chi connectivity index (χ4n) is 0.798. The van der Waals surface area contributed by atoms with Crippen molar-refractivity contribution in [3.05, 3.63) is 30.3 Å². The Labute approximate surface area is 73.1 Å². The van der Waals surface area contributed by atoms with Crippen molar-refractivity contribution in [2.75, 3.05) is 13.7 Å². The number of hydrogen-bond acceptors (Lipinski definition) is 2. The highest BCUT2D eigenvalue weighted by molar-refractivity contribution is 5.20. The first kappa shape index (κ1) is 9.07. The first-order valence-electron chi connectivity index (χ1n) is 4.03. The molecular formula is C10H14O2. The van der Waals surface area contributed by atoms with Gasteiger partial charge in [-0.1, -0.05) is 18.2 Å². The summed E-state index contributed by atoms with van der Waals surface area (Å²) in [6, 6.07) is 9.73. The van der Waals surface area contributed by atoms with Gasteiger partial charge in [-0.2, -0.15) is 0 Å². The number of rotatable bonds is 4. The van der Waals surface area contributed by atoms with Crippen LogP contribution in [0, 0.1) is 0 Å². The Balaban J connectivity index is 2.33. The van der Waals surface area contributed by atoms with E-state index < -0.39 is 0 Å². The predicted molar refractivity (Wildman–Crippen MR) is 48.4 cm³/mol. The Morgan fingerprint density at radius 1 is 1.25 bits per heavy atom. The number of ether oxygens (including phenoxy) is 2. The van der Waals surface area contributed by atoms with E-state index in [9.17, 15) is 0 Å². The van der Waals surface area contributed by atoms with Crippen LogP contribution in [0.25, 0.3) is 0 Å². The van der Waals surface area contributed by atoms with Crippen LogP contribution in [0.15, 0.2) is 30.3 Å². The largest absolute Gasteiger partial charge is 0.491 e. The predicted octanol–water partition coefficient (Wildman–Crippen LogP) is 2.10. The number of hydrogen-bond donors (Lipinski definition) is 0. The molecule has 0 aliphatic heterocycles. The third-order valence-corrected chi connectivity index (χ3v) is 1.63. The van der Waals surface area contributed by atoms with Crippen LogP contribution in [0.5, 0.6) is 5.75 Å². The molecule has 0 aromatic heterocycles. The third kappa shape index (κ3) is 2.93. The first-order valence-corrected chi connectivity index (χ1v) is 4.03. The number of para-hydroxylation sites is 1. The minimum absolute atomic E-state index is 0.144. The summed E-state index contributed by atoms with van der Waals surface area (Å²) >= 11 is 0. The number of methoxy groups -OCH3 is 1. The first-order chi connectivity index (χ1) is 5.83. The lowest BCUT2D eigenvalue weighted by Gasteiger charge is -2.10. The molecule has 1 aromatic carbocycles. The molecule has 0 bridgehead atoms. The Bertz CT molecular complexity index is 208. The summed E-state index contributed by atoms with van der Waals surface area (Å²) in [4.78, 5) is 0. The van der Waals surface area contributed by atoms with Crippen molar-refractivity contribution in [3.63, 3.8) is 0 Å². The van der Waals surface area contributed by atoms with Gasteiger partial charge in [0.15, 0.2) is 0 Å². The molecule has 0 spiro atoms. The highest BCUT2D eigenvalue weighted by Crippen LogP contribution is 2.08. The van der Waals surface area contributed by atoms with Crippen molar-refractivity contribution in [1.82, 2.24) is 0 Å². The lowest BCUT2D eigenvalue weighted by Crippen LogP contribution is -2.15. The second kappa shape index (κ2) is 4.78. The second-order valence-corrected chi connectivity index (χ2v) is 2.67. The van der Waals surface area contributed by atoms with Crippen LogP contribution >= 0.6 is 0 Å². The Morgan fingerprint density at radius 2 is 1.92 bits per heavy atom. The van der Waals surface area contributed by atoms with E-state index in [1.165, 1.54) is 0 Å². The highest BCUT2D eigenvalue weighted by atomic mass is 16.5. The fourth-order valence-corrected chi connectivity index (χ4v) is 0.798. The van der Waals surface area contributed by atoms with Crippen molar-refractivity contribution in [3.8, 4) is 5.75 Å². The molecular weight excluding hydrogens is 152 g/mol. The van der Waals surface area contributed by atoms with Gasteiger partial charge < -0.3 is 9.47 Å². The van der Waals surface area contributed by atoms with Crippen LogP contribution in [-0.2, 0) is 4.74 Å². The molecule has 0 radical (unpaired) electrons. The average Bonchev–Trinajstić information content (AvgIpc) is 2.16. The molecule has 0 aliphatic carbocycles. The van der Waals surface area contributed by atoms with Crippen molar-refractivity contribution in [2.45, 2.75) is 13.0 Å². The van der Waals surface area contributed by atoms with Crippen molar-refractivity contribution < 1.29 is 9.47 Å². The molecule has 0 N–H and O–H groups in total. The summed E-state index contributed by atoms with van der Waals surface area (Å²) in [7, 11) is 1.68. The molecule has 0 saturated heterocycles. The molecule has 0 saturated carbocycles. The average molecular weight is 166 g/mol. The summed E-state index contributed by atoms with van der Waals surface area (Å²) in [5, 5.41) is 0. The van der Waals surface area contributed by atoms with Gasteiger partial charge in [0, 0.05) is 7.11 Å². The normalized spacial score (nSPS) is 12.5. The molecule has 1 aromatic rings. The van der Waals surface area contributed by atoms with Crippen LogP contribution in [0.2, 0.25) is 0 Å². The quantitative estimate of drug-likeness (QED) is 0.682. The maximum atomic E-state index is 5.43. The van der Waals surface area contributed by atoms with E-state index in [1.807, 2.05) is 37.3 Å². The van der Waals surface area contributed by atoms with Crippen LogP contribution < -0.4 is 4.74 Å². The van der Waals surface area contributed by atoms with Gasteiger partial charge in [0.25, 0.3) is 0 Å². The van der Waals surface area contributed by atoms with Gasteiger partial charge >= 0.3 is 0 Å². The molecule has 66 valence electrons. The van der Waals surface area contributed by atoms with Crippen LogP contribution in [0.3, 0.4) is 0 Å². The molecule has 12 heavy (non-hydrogen) atoms. The Hall–Kier alpha value is -1.02. The molecule has 0 amide bonds. The molecule has 0 aliphatic rings. The maximum Gasteiger partial charge on any atom is 0.119 e. The van der Waals surface area contributed by atoms with Crippen molar-refractivity contribution in [1.29, 1.82) is 0 Å². The van der Waals surface area contributed by atoms with Crippen molar-refractivity contribution >= 4 is 0 Å². The van der Waals surface area contributed by atoms with Gasteiger partial charge in [0.1, 0.15) is 12.4 Å². The van der Waals surface area contributed by atoms with Crippen molar-refractivity contribution in [2.24, 2.45) is 0 Å². The molecule has 1 atom stereocenters. The topological polar surface area (TPSA) is 18.5 Å². The monoisotopic (exact) mass is 166 g/mol. The zero-order chi connectivity index (χ0) is 8.81. The number of benzene rings is 1. The zero-order valence-electron chi connectivity index (χ0n) is 7.49. The van der Waals surface area contributed by atoms with Gasteiger partial charge in [0.2, 0.25) is 0 Å². The van der Waals surface area contributed by atoms with E-state index >= 15 is 0 Å². The SMILES string of the molecule is COC(C)COc1ccccc1. The summed E-state index contributed by atoms with van der Waals surface area (Å²) in [5.74, 6) is 0.890. The smallest absolute Gasteiger partial charge is 0.119 e. The van der Waals surface area contributed by atoms with Crippen LogP contribution in [0.1, 0.15) is 6.92 Å². The summed E-state index contributed by atoms with van der Waals surface area (Å²) in [5.41, 5.74) is 0. The van der Waals surface area contributed by atoms with Gasteiger partial charge in [-0.15, -0.1) is 0 Å². The second-order valence-electron chi connectivity index (χ2n) is 2.67. The maximum absolute atomic E-state index is 5.43. The summed E-state index contributed by atoms with van der Waals surface area (Å²) in [6.07, 6.45) is 0.144. The van der Waals surface area contributed by atoms with E-state index in [2.05, 4.69) is 0 Å². The summed E-state index contributed by atoms with van der Waals surface area (Å²) in [6.45, 7) is 2.57. The van der Waals surface area contributed by atoms with Crippen LogP contribution in [-0.4, -0.2) is 19.8 Å². The van der Waals surface area contributed by atoms with Gasteiger partial charge in [-0.05, 0) is 19.1 Å². The lowest BCUT2D eigenvalue weighted by atomic mass is 10.3. The van der Waals surface area contributed by atoms with Crippen LogP contribution in [0.4, 0.5) is 0 Å². The molecule has 1 unspecified atom stereocenters. The van der Waals surface area contributed by atoms with Gasteiger partial charge in [-0.25, -0.2) is 0 Å². The van der Waals surface area contributed by atoms with Gasteiger partial charge in [-0.3, -0.25) is 0 Å². The Kier molecular flexibility index (Phi) is 3.61. The lowest BCUT2D eigenvalue weighted by molar-refractivity contribution is 0.0717. The minimum atomic E-state index is 0.144. The highest BCUT2D eigenvalue weighted by Gasteiger charge is 1.98. The van der Waals surface area contributed by atoms with E-state index in [4.69, 9.17) is 9.47 Å². The Morgan fingerprint density at radius 3 is 2.50 bits per heavy atom. The fraction of sp³-hybridized carbons (Fsp3) is 0.400. The van der Waals surface area contributed by atoms with E-state index in [1.54, 1.807) is 7.11 Å². The molecule has 2 nitrogen and oxygen atoms in total. The van der Waals surface area contributed by atoms with E-state index in [-0.39, 0.29) is 6.10 Å². The van der Waals surface area contributed by atoms with Gasteiger partial charge in [0.05, 0.1) is 6.10 Å². The molecule has 1 rings (SSSR count). The van der Waals surface area contributed by atoms with E-state index in [0.29, 0.717) is 6.61 Å². The molecule has 0 fully saturated rings. The third-order valence-electron chi connectivity index (χ3n) is 1.63. The van der Waals surface area contributed by atoms with E-state index in [0.717, 1.165) is 5.75 Å². The zero-order valence-corrected chi connectivity index (χ0v) is 7.49.